The lowest BCUT2D eigenvalue weighted by molar-refractivity contribution is -0.909. The van der Waals surface area contributed by atoms with Gasteiger partial charge in [-0.3, -0.25) is 9.59 Å². The van der Waals surface area contributed by atoms with E-state index in [9.17, 15) is 14.0 Å². The van der Waals surface area contributed by atoms with Crippen molar-refractivity contribution in [3.8, 4) is 0 Å². The van der Waals surface area contributed by atoms with Gasteiger partial charge in [-0.2, -0.15) is 0 Å². The van der Waals surface area contributed by atoms with Gasteiger partial charge < -0.3 is 15.0 Å². The molecular weight excluding hydrogens is 359 g/mol. The van der Waals surface area contributed by atoms with Crippen molar-refractivity contribution in [3.05, 3.63) is 71.5 Å². The fourth-order valence-corrected chi connectivity index (χ4v) is 3.36. The van der Waals surface area contributed by atoms with Crippen LogP contribution in [-0.2, 0) is 9.53 Å². The van der Waals surface area contributed by atoms with Gasteiger partial charge in [-0.1, -0.05) is 30.3 Å². The minimum atomic E-state index is -0.384. The van der Waals surface area contributed by atoms with Gasteiger partial charge in [-0.05, 0) is 29.8 Å². The molecule has 1 heterocycles. The van der Waals surface area contributed by atoms with Gasteiger partial charge in [-0.25, -0.2) is 4.39 Å². The van der Waals surface area contributed by atoms with Crippen LogP contribution in [-0.4, -0.2) is 44.5 Å². The van der Waals surface area contributed by atoms with Gasteiger partial charge >= 0.3 is 0 Å². The molecule has 1 aliphatic heterocycles. The highest BCUT2D eigenvalue weighted by Crippen LogP contribution is 2.12. The number of hydrogen-bond acceptors (Lipinski definition) is 3. The van der Waals surface area contributed by atoms with Gasteiger partial charge in [0, 0.05) is 18.4 Å². The fraction of sp³-hybridized carbons (Fsp3) is 0.364. The summed E-state index contributed by atoms with van der Waals surface area (Å²) in [5, 5.41) is 3.08. The zero-order chi connectivity index (χ0) is 19.8. The molecule has 2 aromatic carbocycles. The van der Waals surface area contributed by atoms with Crippen molar-refractivity contribution >= 4 is 11.7 Å². The van der Waals surface area contributed by atoms with E-state index in [0.717, 1.165) is 38.4 Å². The first kappa shape index (κ1) is 20.2. The number of carbonyl (C=O) groups is 2. The van der Waals surface area contributed by atoms with Gasteiger partial charge in [0.15, 0.2) is 5.78 Å². The van der Waals surface area contributed by atoms with Crippen LogP contribution < -0.4 is 10.2 Å². The molecule has 28 heavy (non-hydrogen) atoms. The van der Waals surface area contributed by atoms with E-state index in [1.165, 1.54) is 29.2 Å². The Bertz CT molecular complexity index is 774. The number of benzene rings is 2. The maximum Gasteiger partial charge on any atom is 0.221 e. The molecule has 3 rings (SSSR count). The monoisotopic (exact) mass is 385 g/mol. The van der Waals surface area contributed by atoms with E-state index >= 15 is 0 Å². The first-order valence-electron chi connectivity index (χ1n) is 9.66. The normalized spacial score (nSPS) is 15.8. The van der Waals surface area contributed by atoms with E-state index in [-0.39, 0.29) is 36.4 Å². The second-order valence-corrected chi connectivity index (χ2v) is 7.03. The van der Waals surface area contributed by atoms with E-state index in [0.29, 0.717) is 5.56 Å². The molecule has 0 unspecified atom stereocenters. The number of carbonyl (C=O) groups excluding carboxylic acids is 2. The molecule has 2 N–H and O–H groups in total. The van der Waals surface area contributed by atoms with Crippen LogP contribution in [0.25, 0.3) is 0 Å². The molecule has 1 saturated heterocycles. The highest BCUT2D eigenvalue weighted by atomic mass is 19.1. The lowest BCUT2D eigenvalue weighted by Crippen LogP contribution is -3.14. The second-order valence-electron chi connectivity index (χ2n) is 7.03. The van der Waals surface area contributed by atoms with Crippen LogP contribution in [0.1, 0.15) is 34.8 Å². The number of halogens is 1. The molecule has 0 spiro atoms. The summed E-state index contributed by atoms with van der Waals surface area (Å²) < 4.78 is 18.4. The highest BCUT2D eigenvalue weighted by Gasteiger charge is 2.23. The number of amides is 1. The average Bonchev–Trinajstić information content (AvgIpc) is 2.73. The molecule has 0 radical (unpaired) electrons. The molecule has 1 amide bonds. The number of rotatable bonds is 8. The maximum atomic E-state index is 13.0. The van der Waals surface area contributed by atoms with Crippen LogP contribution in [0.5, 0.6) is 0 Å². The zero-order valence-corrected chi connectivity index (χ0v) is 15.8. The lowest BCUT2D eigenvalue weighted by atomic mass is 10.0. The van der Waals surface area contributed by atoms with E-state index < -0.39 is 0 Å². The minimum absolute atomic E-state index is 0.101. The van der Waals surface area contributed by atoms with E-state index in [1.54, 1.807) is 0 Å². The number of nitrogens with one attached hydrogen (secondary N) is 2. The number of ketones is 1. The summed E-state index contributed by atoms with van der Waals surface area (Å²) in [5.41, 5.74) is 1.48. The summed E-state index contributed by atoms with van der Waals surface area (Å²) in [5.74, 6) is -0.701. The van der Waals surface area contributed by atoms with Crippen molar-refractivity contribution in [2.24, 2.45) is 0 Å². The molecule has 0 aromatic heterocycles. The summed E-state index contributed by atoms with van der Waals surface area (Å²) in [6, 6.07) is 15.2. The Morgan fingerprint density at radius 2 is 1.68 bits per heavy atom. The van der Waals surface area contributed by atoms with Crippen molar-refractivity contribution in [3.63, 3.8) is 0 Å². The predicted molar refractivity (Wildman–Crippen MR) is 104 cm³/mol. The SMILES string of the molecule is O=C(CCC(=O)c1ccc(F)cc1)N[C@H](C[NH+]1CCOCC1)c1ccccc1. The molecular formula is C22H26FN2O3+. The summed E-state index contributed by atoms with van der Waals surface area (Å²) in [7, 11) is 0. The third-order valence-corrected chi connectivity index (χ3v) is 4.98. The zero-order valence-electron chi connectivity index (χ0n) is 15.8. The van der Waals surface area contributed by atoms with Crippen molar-refractivity contribution in [1.29, 1.82) is 0 Å². The Hall–Kier alpha value is -2.57. The molecule has 6 heteroatoms. The predicted octanol–water partition coefficient (Wildman–Crippen LogP) is 1.56. The summed E-state index contributed by atoms with van der Waals surface area (Å²) in [6.07, 6.45) is 0.210. The summed E-state index contributed by atoms with van der Waals surface area (Å²) in [6.45, 7) is 4.09. The Kier molecular flexibility index (Phi) is 7.28. The third kappa shape index (κ3) is 5.97. The largest absolute Gasteiger partial charge is 0.370 e. The first-order valence-corrected chi connectivity index (χ1v) is 9.66. The standard InChI is InChI=1S/C22H25FN2O3/c23-19-8-6-18(7-9-19)21(26)10-11-22(27)24-20(17-4-2-1-3-5-17)16-25-12-14-28-15-13-25/h1-9,20H,10-16H2,(H,24,27)/p+1/t20-/m1/s1. The van der Waals surface area contributed by atoms with Crippen LogP contribution in [0.2, 0.25) is 0 Å². The van der Waals surface area contributed by atoms with Gasteiger partial charge in [0.05, 0.1) is 13.2 Å². The molecule has 148 valence electrons. The molecule has 5 nitrogen and oxygen atoms in total. The van der Waals surface area contributed by atoms with Gasteiger partial charge in [0.2, 0.25) is 5.91 Å². The molecule has 1 fully saturated rings. The Morgan fingerprint density at radius 1 is 1.00 bits per heavy atom. The molecule has 0 bridgehead atoms. The van der Waals surface area contributed by atoms with Crippen LogP contribution in [0.3, 0.4) is 0 Å². The quantitative estimate of drug-likeness (QED) is 0.678. The Morgan fingerprint density at radius 3 is 2.36 bits per heavy atom. The number of quaternary nitrogens is 1. The summed E-state index contributed by atoms with van der Waals surface area (Å²) in [4.78, 5) is 26.1. The molecule has 1 atom stereocenters. The summed E-state index contributed by atoms with van der Waals surface area (Å²) >= 11 is 0. The number of Topliss-reactive ketones (excluding diaryl/α,β-unsaturated/α-hetero) is 1. The maximum absolute atomic E-state index is 13.0. The second kappa shape index (κ2) is 10.1. The minimum Gasteiger partial charge on any atom is -0.370 e. The van der Waals surface area contributed by atoms with E-state index in [1.807, 2.05) is 30.3 Å². The Labute approximate surface area is 164 Å². The van der Waals surface area contributed by atoms with Crippen molar-refractivity contribution in [2.75, 3.05) is 32.8 Å². The topological polar surface area (TPSA) is 59.8 Å². The number of morpholine rings is 1. The van der Waals surface area contributed by atoms with Gasteiger partial charge in [0.25, 0.3) is 0 Å². The smallest absolute Gasteiger partial charge is 0.221 e. The first-order chi connectivity index (χ1) is 13.6. The van der Waals surface area contributed by atoms with E-state index in [4.69, 9.17) is 4.74 Å². The van der Waals surface area contributed by atoms with Crippen LogP contribution in [0, 0.1) is 5.82 Å². The molecule has 0 saturated carbocycles. The average molecular weight is 385 g/mol. The van der Waals surface area contributed by atoms with Crippen LogP contribution >= 0.6 is 0 Å². The van der Waals surface area contributed by atoms with Gasteiger partial charge in [-0.15, -0.1) is 0 Å². The number of hydrogen-bond donors (Lipinski definition) is 2. The molecule has 0 aliphatic carbocycles. The highest BCUT2D eigenvalue weighted by molar-refractivity contribution is 5.97. The van der Waals surface area contributed by atoms with Crippen molar-refractivity contribution < 1.29 is 23.6 Å². The fourth-order valence-electron chi connectivity index (χ4n) is 3.36. The van der Waals surface area contributed by atoms with Crippen LogP contribution in [0.15, 0.2) is 54.6 Å². The third-order valence-electron chi connectivity index (χ3n) is 4.98. The molecule has 1 aliphatic rings. The van der Waals surface area contributed by atoms with E-state index in [2.05, 4.69) is 5.32 Å². The van der Waals surface area contributed by atoms with Gasteiger partial charge in [0.1, 0.15) is 31.5 Å². The van der Waals surface area contributed by atoms with Crippen molar-refractivity contribution in [1.82, 2.24) is 5.32 Å². The van der Waals surface area contributed by atoms with Crippen molar-refractivity contribution in [2.45, 2.75) is 18.9 Å². The number of ether oxygens (including phenoxy) is 1. The lowest BCUT2D eigenvalue weighted by Gasteiger charge is -2.28. The Balaban J connectivity index is 1.57. The molecule has 2 aromatic rings. The van der Waals surface area contributed by atoms with Crippen LogP contribution in [0.4, 0.5) is 4.39 Å².